The molecule has 0 unspecified atom stereocenters. The van der Waals surface area contributed by atoms with Gasteiger partial charge in [0.1, 0.15) is 73.4 Å². The molecule has 2 saturated heterocycles. The van der Waals surface area contributed by atoms with Gasteiger partial charge in [-0.2, -0.15) is 0 Å². The summed E-state index contributed by atoms with van der Waals surface area (Å²) >= 11 is 0. The van der Waals surface area contributed by atoms with Gasteiger partial charge in [0.25, 0.3) is 0 Å². The van der Waals surface area contributed by atoms with Crippen LogP contribution in [-0.2, 0) is 87.0 Å². The van der Waals surface area contributed by atoms with E-state index >= 15 is 0 Å². The van der Waals surface area contributed by atoms with Crippen molar-refractivity contribution in [2.45, 2.75) is 101 Å². The van der Waals surface area contributed by atoms with Crippen LogP contribution in [0.5, 0.6) is 28.7 Å². The highest BCUT2D eigenvalue weighted by Crippen LogP contribution is 2.41. The lowest BCUT2D eigenvalue weighted by Gasteiger charge is -2.45. The smallest absolute Gasteiger partial charge is 0.342 e. The van der Waals surface area contributed by atoms with E-state index in [1.54, 1.807) is 12.1 Å². The van der Waals surface area contributed by atoms with Crippen molar-refractivity contribution in [2.24, 2.45) is 0 Å². The monoisotopic (exact) mass is 1190 g/mol. The van der Waals surface area contributed by atoms with Crippen molar-refractivity contribution in [2.75, 3.05) is 34.5 Å². The fraction of sp³-hybridized carbons (Fsp3) is 0.296. The topological polar surface area (TPSA) is 173 Å². The molecule has 14 rings (SSSR count). The van der Waals surface area contributed by atoms with Gasteiger partial charge in [0.15, 0.2) is 23.0 Å². The van der Waals surface area contributed by atoms with Gasteiger partial charge in [-0.1, -0.05) is 182 Å². The second kappa shape index (κ2) is 30.3. The molecule has 0 N–H and O–H groups in total. The van der Waals surface area contributed by atoms with E-state index in [0.29, 0.717) is 0 Å². The Balaban J connectivity index is 1.00. The molecule has 2 fully saturated rings. The molecule has 17 nitrogen and oxygen atoms in total. The average Bonchev–Trinajstić information content (AvgIpc) is 2.05. The summed E-state index contributed by atoms with van der Waals surface area (Å²) in [6, 6.07) is 65.7. The van der Waals surface area contributed by atoms with Gasteiger partial charge in [-0.15, -0.1) is 0 Å². The molecule has 456 valence electrons. The van der Waals surface area contributed by atoms with Gasteiger partial charge in [0.2, 0.25) is 12.6 Å². The van der Waals surface area contributed by atoms with Crippen LogP contribution in [0.3, 0.4) is 0 Å². The molecule has 17 heteroatoms. The molecular weight excluding hydrogens is 1120 g/mol. The summed E-state index contributed by atoms with van der Waals surface area (Å²) in [5.74, 6) is -0.865. The Morgan fingerprint density at radius 1 is 0.341 bits per heavy atom. The number of esters is 2. The number of rotatable bonds is 21. The Morgan fingerprint density at radius 2 is 0.670 bits per heavy atom. The van der Waals surface area contributed by atoms with Crippen LogP contribution in [0.2, 0.25) is 0 Å². The lowest BCUT2D eigenvalue weighted by molar-refractivity contribution is -0.308. The quantitative estimate of drug-likeness (QED) is 0.0621. The molecule has 8 bridgehead atoms. The Labute approximate surface area is 511 Å². The van der Waals surface area contributed by atoms with E-state index in [-0.39, 0.29) is 92.7 Å². The summed E-state index contributed by atoms with van der Waals surface area (Å²) in [4.78, 5) is 29.4. The minimum absolute atomic E-state index is 0.00495. The first-order valence-electron chi connectivity index (χ1n) is 29.2. The third-order valence-corrected chi connectivity index (χ3v) is 15.2. The molecule has 0 saturated carbocycles. The fourth-order valence-corrected chi connectivity index (χ4v) is 10.7. The van der Waals surface area contributed by atoms with E-state index in [1.807, 2.05) is 182 Å². The van der Waals surface area contributed by atoms with Crippen molar-refractivity contribution < 1.29 is 80.6 Å². The number of methoxy groups -OCH3 is 3. The summed E-state index contributed by atoms with van der Waals surface area (Å²) in [5.41, 5.74) is 5.36. The van der Waals surface area contributed by atoms with Gasteiger partial charge in [-0.05, 0) is 51.6 Å². The maximum absolute atomic E-state index is 14.8. The standard InChI is InChI=1S/C71H70O17/c1-74-56-38-59-58(76-3)37-54(56)69(73)84-46-61-63(78-40-48-24-12-5-13-25-48)64(79-41-49-26-14-6-15-27-49)66(81-43-51-30-18-8-19-31-51)70(87-61)85-55-35-34-53(36-57(55)75-2)68(72)83-45-60-62(77-39-47-22-10-4-11-23-47)65(80-42-50-28-16-7-17-29-50)67(71(86-59)88-60)82-44-52-32-20-9-21-33-52/h4-38,60-67,70-71H,39-46H2,1-3H3/t60-,61-,62-,63-,64-,65+,66-,67-,70-,71-/m1/s1. The van der Waals surface area contributed by atoms with Crippen LogP contribution in [0.4, 0.5) is 0 Å². The maximum atomic E-state index is 14.8. The Bertz CT molecular complexity index is 3450. The van der Waals surface area contributed by atoms with Crippen LogP contribution in [0, 0.1) is 0 Å². The molecule has 6 heterocycles. The number of benzene rings is 8. The largest absolute Gasteiger partial charge is 0.496 e. The van der Waals surface area contributed by atoms with Crippen LogP contribution in [0.25, 0.3) is 0 Å². The summed E-state index contributed by atoms with van der Waals surface area (Å²) in [7, 11) is 4.32. The van der Waals surface area contributed by atoms with E-state index in [2.05, 4.69) is 0 Å². The number of carbonyl (C=O) groups is 2. The van der Waals surface area contributed by atoms with Crippen molar-refractivity contribution in [3.8, 4) is 28.7 Å². The van der Waals surface area contributed by atoms with Gasteiger partial charge in [0.05, 0.1) is 66.5 Å². The molecule has 0 amide bonds. The van der Waals surface area contributed by atoms with Crippen LogP contribution in [0.1, 0.15) is 54.1 Å². The van der Waals surface area contributed by atoms with Gasteiger partial charge in [-0.25, -0.2) is 9.59 Å². The second-order valence-electron chi connectivity index (χ2n) is 21.2. The molecule has 6 aliphatic heterocycles. The summed E-state index contributed by atoms with van der Waals surface area (Å²) in [5, 5.41) is 0. The fourth-order valence-electron chi connectivity index (χ4n) is 10.7. The van der Waals surface area contributed by atoms with Crippen molar-refractivity contribution in [3.63, 3.8) is 0 Å². The molecule has 0 aromatic heterocycles. The zero-order chi connectivity index (χ0) is 60.4. The number of hydrogen-bond donors (Lipinski definition) is 0. The Hall–Kier alpha value is -8.62. The molecule has 0 aliphatic carbocycles. The molecule has 6 aliphatic rings. The molecule has 10 atom stereocenters. The molecule has 8 aromatic carbocycles. The van der Waals surface area contributed by atoms with Gasteiger partial charge >= 0.3 is 11.9 Å². The molecule has 0 spiro atoms. The summed E-state index contributed by atoms with van der Waals surface area (Å²) in [6.07, 6.45) is -10.5. The predicted octanol–water partition coefficient (Wildman–Crippen LogP) is 11.5. The highest BCUT2D eigenvalue weighted by Gasteiger charge is 2.52. The number of ether oxygens (including phenoxy) is 15. The normalized spacial score (nSPS) is 22.8. The summed E-state index contributed by atoms with van der Waals surface area (Å²) in [6.45, 7) is 0.0451. The van der Waals surface area contributed by atoms with Crippen molar-refractivity contribution in [1.29, 1.82) is 0 Å². The Morgan fingerprint density at radius 3 is 1.05 bits per heavy atom. The average molecular weight is 1200 g/mol. The zero-order valence-corrected chi connectivity index (χ0v) is 49.1. The van der Waals surface area contributed by atoms with E-state index in [9.17, 15) is 9.59 Å². The number of carbonyl (C=O) groups excluding carboxylic acids is 2. The van der Waals surface area contributed by atoms with Crippen LogP contribution in [-0.4, -0.2) is 108 Å². The third kappa shape index (κ3) is 15.6. The van der Waals surface area contributed by atoms with Crippen molar-refractivity contribution >= 4 is 11.9 Å². The lowest BCUT2D eigenvalue weighted by atomic mass is 9.97. The SMILES string of the molecule is COc1cc2c(OC)cc1O[C@@H]1O[C@H](COC(=O)c3ccc(c(OC)c3)O[C@@H]3O[C@H](COC2=O)[C@@H](OCc2ccccc2)[C@@H](OCc2ccccc2)[C@H]3OCc2ccccc2)[C@@H](OCc2ccccc2)[C@H](OCc2ccccc2)[C@H]1OCc1ccccc1. The van der Waals surface area contributed by atoms with Gasteiger partial charge in [-0.3, -0.25) is 0 Å². The van der Waals surface area contributed by atoms with E-state index in [1.165, 1.54) is 39.5 Å². The molecule has 0 radical (unpaired) electrons. The minimum atomic E-state index is -1.31. The minimum Gasteiger partial charge on any atom is -0.496 e. The second-order valence-corrected chi connectivity index (χ2v) is 21.2. The van der Waals surface area contributed by atoms with Crippen molar-refractivity contribution in [3.05, 3.63) is 257 Å². The zero-order valence-electron chi connectivity index (χ0n) is 49.1. The first-order valence-corrected chi connectivity index (χ1v) is 29.2. The first kappa shape index (κ1) is 61.0. The van der Waals surface area contributed by atoms with Crippen molar-refractivity contribution in [1.82, 2.24) is 0 Å². The maximum Gasteiger partial charge on any atom is 0.342 e. The molecule has 8 aromatic rings. The first-order chi connectivity index (χ1) is 43.3. The van der Waals surface area contributed by atoms with E-state index in [0.717, 1.165) is 33.4 Å². The molecular formula is C71H70O17. The van der Waals surface area contributed by atoms with Gasteiger partial charge in [0, 0.05) is 12.1 Å². The predicted molar refractivity (Wildman–Crippen MR) is 322 cm³/mol. The van der Waals surface area contributed by atoms with Crippen LogP contribution in [0.15, 0.2) is 212 Å². The van der Waals surface area contributed by atoms with Crippen LogP contribution >= 0.6 is 0 Å². The lowest BCUT2D eigenvalue weighted by Crippen LogP contribution is -2.62. The van der Waals surface area contributed by atoms with E-state index < -0.39 is 73.4 Å². The summed E-state index contributed by atoms with van der Waals surface area (Å²) < 4.78 is 99.4. The van der Waals surface area contributed by atoms with Crippen LogP contribution < -0.4 is 23.7 Å². The van der Waals surface area contributed by atoms with E-state index in [4.69, 9.17) is 71.1 Å². The highest BCUT2D eigenvalue weighted by atomic mass is 16.7. The van der Waals surface area contributed by atoms with Gasteiger partial charge < -0.3 is 71.1 Å². The molecule has 88 heavy (non-hydrogen) atoms. The highest BCUT2D eigenvalue weighted by molar-refractivity contribution is 5.93. The number of hydrogen-bond acceptors (Lipinski definition) is 17. The third-order valence-electron chi connectivity index (χ3n) is 15.2. The Kier molecular flexibility index (Phi) is 21.0.